The molecule has 1 aromatic carbocycles. The number of imidazole rings is 1. The van der Waals surface area contributed by atoms with Gasteiger partial charge in [-0.25, -0.2) is 14.5 Å². The van der Waals surface area contributed by atoms with Gasteiger partial charge in [0.1, 0.15) is 5.82 Å². The molecule has 1 aliphatic heterocycles. The Kier molecular flexibility index (Phi) is 3.65. The maximum atomic E-state index is 5.84. The van der Waals surface area contributed by atoms with Crippen LogP contribution in [0.1, 0.15) is 13.8 Å². The van der Waals surface area contributed by atoms with E-state index in [-0.39, 0.29) is 12.2 Å². The number of morpholine rings is 1. The van der Waals surface area contributed by atoms with Gasteiger partial charge in [0.2, 0.25) is 0 Å². The Bertz CT molecular complexity index is 1080. The van der Waals surface area contributed by atoms with Gasteiger partial charge >= 0.3 is 0 Å². The van der Waals surface area contributed by atoms with Crippen LogP contribution in [0, 0.1) is 0 Å². The number of anilines is 1. The summed E-state index contributed by atoms with van der Waals surface area (Å²) in [7, 11) is 0. The van der Waals surface area contributed by atoms with E-state index in [4.69, 9.17) is 9.84 Å². The SMILES string of the molecule is C[C@@H]1CN(c2ccc3ncc(-c4ccc5ncsc5c4)n3n2)C[C@H](C)O1. The van der Waals surface area contributed by atoms with Crippen LogP contribution in [0.3, 0.4) is 0 Å². The maximum absolute atomic E-state index is 5.84. The molecule has 0 bridgehead atoms. The van der Waals surface area contributed by atoms with Gasteiger partial charge in [0, 0.05) is 18.7 Å². The molecule has 0 saturated carbocycles. The summed E-state index contributed by atoms with van der Waals surface area (Å²) in [6.07, 6.45) is 2.29. The number of aromatic nitrogens is 4. The molecular formula is C19H19N5OS. The fourth-order valence-electron chi connectivity index (χ4n) is 3.61. The minimum atomic E-state index is 0.201. The third-order valence-corrected chi connectivity index (χ3v) is 5.51. The Hall–Kier alpha value is -2.51. The second-order valence-corrected chi connectivity index (χ2v) is 7.69. The molecule has 4 heterocycles. The number of rotatable bonds is 2. The summed E-state index contributed by atoms with van der Waals surface area (Å²) >= 11 is 1.65. The number of thiazole rings is 1. The molecule has 7 heteroatoms. The van der Waals surface area contributed by atoms with Crippen molar-refractivity contribution in [3.05, 3.63) is 42.0 Å². The van der Waals surface area contributed by atoms with Gasteiger partial charge in [0.25, 0.3) is 0 Å². The lowest BCUT2D eigenvalue weighted by Crippen LogP contribution is -2.46. The highest BCUT2D eigenvalue weighted by Gasteiger charge is 2.23. The molecule has 0 unspecified atom stereocenters. The first kappa shape index (κ1) is 15.7. The average molecular weight is 365 g/mol. The molecule has 1 fully saturated rings. The number of benzene rings is 1. The van der Waals surface area contributed by atoms with Gasteiger partial charge in [-0.3, -0.25) is 0 Å². The van der Waals surface area contributed by atoms with Crippen molar-refractivity contribution in [2.24, 2.45) is 0 Å². The Morgan fingerprint density at radius 2 is 1.92 bits per heavy atom. The number of ether oxygens (including phenoxy) is 1. The predicted octanol–water partition coefficient (Wildman–Crippen LogP) is 3.62. The van der Waals surface area contributed by atoms with Gasteiger partial charge < -0.3 is 9.64 Å². The van der Waals surface area contributed by atoms with Crippen LogP contribution < -0.4 is 4.90 Å². The van der Waals surface area contributed by atoms with E-state index in [1.54, 1.807) is 11.3 Å². The van der Waals surface area contributed by atoms with Gasteiger partial charge in [-0.1, -0.05) is 6.07 Å². The summed E-state index contributed by atoms with van der Waals surface area (Å²) in [4.78, 5) is 11.2. The van der Waals surface area contributed by atoms with E-state index in [2.05, 4.69) is 46.9 Å². The quantitative estimate of drug-likeness (QED) is 0.543. The Labute approximate surface area is 155 Å². The Morgan fingerprint density at radius 1 is 1.08 bits per heavy atom. The van der Waals surface area contributed by atoms with Crippen molar-refractivity contribution in [2.75, 3.05) is 18.0 Å². The minimum Gasteiger partial charge on any atom is -0.372 e. The monoisotopic (exact) mass is 365 g/mol. The van der Waals surface area contributed by atoms with E-state index in [9.17, 15) is 0 Å². The molecule has 6 nitrogen and oxygen atoms in total. The maximum Gasteiger partial charge on any atom is 0.154 e. The molecule has 0 spiro atoms. The lowest BCUT2D eigenvalue weighted by atomic mass is 10.1. The van der Waals surface area contributed by atoms with Gasteiger partial charge in [0.05, 0.1) is 39.8 Å². The highest BCUT2D eigenvalue weighted by Crippen LogP contribution is 2.27. The zero-order valence-electron chi connectivity index (χ0n) is 14.7. The van der Waals surface area contributed by atoms with E-state index < -0.39 is 0 Å². The lowest BCUT2D eigenvalue weighted by molar-refractivity contribution is -0.00551. The summed E-state index contributed by atoms with van der Waals surface area (Å²) in [5.74, 6) is 0.956. The second-order valence-electron chi connectivity index (χ2n) is 6.80. The second kappa shape index (κ2) is 6.03. The fraction of sp³-hybridized carbons (Fsp3) is 0.316. The van der Waals surface area contributed by atoms with Gasteiger partial charge in [0.15, 0.2) is 5.65 Å². The van der Waals surface area contributed by atoms with Crippen molar-refractivity contribution < 1.29 is 4.74 Å². The number of nitrogens with zero attached hydrogens (tertiary/aromatic N) is 5. The van der Waals surface area contributed by atoms with Crippen LogP contribution in [-0.4, -0.2) is 44.9 Å². The van der Waals surface area contributed by atoms with Crippen molar-refractivity contribution in [1.82, 2.24) is 19.6 Å². The van der Waals surface area contributed by atoms with Gasteiger partial charge in [-0.2, -0.15) is 0 Å². The first-order valence-electron chi connectivity index (χ1n) is 8.76. The third-order valence-electron chi connectivity index (χ3n) is 4.72. The largest absolute Gasteiger partial charge is 0.372 e. The lowest BCUT2D eigenvalue weighted by Gasteiger charge is -2.35. The number of fused-ring (bicyclic) bond motifs is 2. The Morgan fingerprint density at radius 3 is 2.77 bits per heavy atom. The smallest absolute Gasteiger partial charge is 0.154 e. The van der Waals surface area contributed by atoms with Crippen molar-refractivity contribution in [2.45, 2.75) is 26.1 Å². The molecular weight excluding hydrogens is 346 g/mol. The van der Waals surface area contributed by atoms with E-state index in [0.29, 0.717) is 0 Å². The first-order chi connectivity index (χ1) is 12.7. The normalized spacial score (nSPS) is 20.9. The van der Waals surface area contributed by atoms with Gasteiger partial charge in [-0.15, -0.1) is 16.4 Å². The van der Waals surface area contributed by atoms with E-state index in [1.807, 2.05) is 28.4 Å². The minimum absolute atomic E-state index is 0.201. The molecule has 3 aromatic heterocycles. The molecule has 1 saturated heterocycles. The van der Waals surface area contributed by atoms with Gasteiger partial charge in [-0.05, 0) is 38.1 Å². The van der Waals surface area contributed by atoms with Crippen LogP contribution in [0.5, 0.6) is 0 Å². The molecule has 132 valence electrons. The molecule has 4 aromatic rings. The highest BCUT2D eigenvalue weighted by atomic mass is 32.1. The van der Waals surface area contributed by atoms with Crippen LogP contribution >= 0.6 is 11.3 Å². The van der Waals surface area contributed by atoms with Crippen molar-refractivity contribution >= 4 is 33.0 Å². The standard InChI is InChI=1S/C19H19N5OS/c1-12-9-23(10-13(2)25-12)19-6-5-18-20-8-16(24(18)22-19)14-3-4-15-17(7-14)26-11-21-15/h3-8,11-13H,9-10H2,1-2H3/t12-,13+. The van der Waals surface area contributed by atoms with Crippen LogP contribution in [0.2, 0.25) is 0 Å². The van der Waals surface area contributed by atoms with E-state index in [0.717, 1.165) is 41.3 Å². The summed E-state index contributed by atoms with van der Waals surface area (Å²) in [5.41, 5.74) is 5.84. The molecule has 2 atom stereocenters. The molecule has 0 N–H and O–H groups in total. The predicted molar refractivity (Wildman–Crippen MR) is 104 cm³/mol. The topological polar surface area (TPSA) is 55.6 Å². The fourth-order valence-corrected chi connectivity index (χ4v) is 4.32. The van der Waals surface area contributed by atoms with Crippen LogP contribution in [0.4, 0.5) is 5.82 Å². The zero-order valence-corrected chi connectivity index (χ0v) is 15.5. The average Bonchev–Trinajstić information content (AvgIpc) is 3.26. The summed E-state index contributed by atoms with van der Waals surface area (Å²) < 4.78 is 8.95. The molecule has 0 radical (unpaired) electrons. The molecule has 1 aliphatic rings. The zero-order chi connectivity index (χ0) is 17.7. The molecule has 0 amide bonds. The summed E-state index contributed by atoms with van der Waals surface area (Å²) in [5, 5.41) is 4.88. The van der Waals surface area contributed by atoms with Crippen molar-refractivity contribution in [3.8, 4) is 11.3 Å². The van der Waals surface area contributed by atoms with E-state index in [1.165, 1.54) is 4.70 Å². The van der Waals surface area contributed by atoms with Crippen molar-refractivity contribution in [1.29, 1.82) is 0 Å². The van der Waals surface area contributed by atoms with E-state index >= 15 is 0 Å². The van der Waals surface area contributed by atoms with Crippen LogP contribution in [0.25, 0.3) is 27.1 Å². The Balaban J connectivity index is 1.58. The third kappa shape index (κ3) is 2.64. The van der Waals surface area contributed by atoms with Crippen LogP contribution in [-0.2, 0) is 4.74 Å². The molecule has 26 heavy (non-hydrogen) atoms. The molecule has 5 rings (SSSR count). The summed E-state index contributed by atoms with van der Waals surface area (Å²) in [6.45, 7) is 5.90. The van der Waals surface area contributed by atoms with Crippen LogP contribution in [0.15, 0.2) is 42.0 Å². The first-order valence-corrected chi connectivity index (χ1v) is 9.64. The molecule has 0 aliphatic carbocycles. The number of hydrogen-bond donors (Lipinski definition) is 0. The number of hydrogen-bond acceptors (Lipinski definition) is 6. The summed E-state index contributed by atoms with van der Waals surface area (Å²) in [6, 6.07) is 10.4. The highest BCUT2D eigenvalue weighted by molar-refractivity contribution is 7.16. The van der Waals surface area contributed by atoms with Crippen molar-refractivity contribution in [3.63, 3.8) is 0 Å².